The van der Waals surface area contributed by atoms with Crippen molar-refractivity contribution in [2.45, 2.75) is 109 Å². The predicted octanol–water partition coefficient (Wildman–Crippen LogP) is 5.33. The lowest BCUT2D eigenvalue weighted by Crippen LogP contribution is -2.44. The van der Waals surface area contributed by atoms with Crippen LogP contribution in [0.2, 0.25) is 0 Å². The van der Waals surface area contributed by atoms with E-state index in [2.05, 4.69) is 41.9 Å². The van der Waals surface area contributed by atoms with Gasteiger partial charge in [0.15, 0.2) is 0 Å². The minimum Gasteiger partial charge on any atom is -0.355 e. The number of allylic oxidation sites excluding steroid dienone is 4. The third kappa shape index (κ3) is 14.8. The van der Waals surface area contributed by atoms with Crippen molar-refractivity contribution in [2.75, 3.05) is 13.1 Å². The van der Waals surface area contributed by atoms with Crippen LogP contribution in [0.15, 0.2) is 24.3 Å². The molecule has 0 saturated carbocycles. The van der Waals surface area contributed by atoms with Crippen LogP contribution < -0.4 is 16.0 Å². The van der Waals surface area contributed by atoms with E-state index in [1.54, 1.807) is 0 Å². The van der Waals surface area contributed by atoms with Gasteiger partial charge in [-0.05, 0) is 44.9 Å². The van der Waals surface area contributed by atoms with Gasteiger partial charge in [-0.25, -0.2) is 0 Å². The number of hydrogen-bond acceptors (Lipinski definition) is 3. The molecule has 5 nitrogen and oxygen atoms in total. The molecular formula is C25H42F3N3O2. The molecule has 0 aliphatic carbocycles. The molecule has 0 aromatic rings. The number of carbonyl (C=O) groups is 2. The highest BCUT2D eigenvalue weighted by molar-refractivity contribution is 5.84. The molecule has 2 unspecified atom stereocenters. The minimum absolute atomic E-state index is 0.158. The summed E-state index contributed by atoms with van der Waals surface area (Å²) in [6.45, 7) is 2.94. The SMILES string of the molecule is CCCCCC=CCC=CCCCCCCCCNC(=O)C1CC(NC(=O)C(F)(F)F)CN1. The fourth-order valence-electron chi connectivity index (χ4n) is 3.76. The summed E-state index contributed by atoms with van der Waals surface area (Å²) in [6.07, 6.45) is 18.2. The third-order valence-electron chi connectivity index (χ3n) is 5.72. The number of rotatable bonds is 17. The van der Waals surface area contributed by atoms with E-state index in [0.717, 1.165) is 32.1 Å². The maximum Gasteiger partial charge on any atom is 0.471 e. The van der Waals surface area contributed by atoms with Crippen molar-refractivity contribution in [1.29, 1.82) is 0 Å². The maximum absolute atomic E-state index is 12.3. The van der Waals surface area contributed by atoms with Gasteiger partial charge in [0.05, 0.1) is 6.04 Å². The van der Waals surface area contributed by atoms with Crippen LogP contribution in [-0.4, -0.2) is 43.2 Å². The summed E-state index contributed by atoms with van der Waals surface area (Å²) < 4.78 is 36.9. The first-order chi connectivity index (χ1) is 15.8. The average molecular weight is 474 g/mol. The van der Waals surface area contributed by atoms with E-state index in [1.807, 2.05) is 5.32 Å². The second kappa shape index (κ2) is 17.6. The zero-order valence-electron chi connectivity index (χ0n) is 20.0. The van der Waals surface area contributed by atoms with Crippen LogP contribution in [0.4, 0.5) is 13.2 Å². The first-order valence-electron chi connectivity index (χ1n) is 12.5. The molecule has 0 aromatic heterocycles. The van der Waals surface area contributed by atoms with Crippen molar-refractivity contribution < 1.29 is 22.8 Å². The summed E-state index contributed by atoms with van der Waals surface area (Å²) in [5.41, 5.74) is 0. The van der Waals surface area contributed by atoms with Crippen LogP contribution in [0.5, 0.6) is 0 Å². The lowest BCUT2D eigenvalue weighted by molar-refractivity contribution is -0.174. The Kier molecular flexibility index (Phi) is 15.6. The number of amides is 2. The zero-order valence-corrected chi connectivity index (χ0v) is 20.0. The molecule has 1 aliphatic heterocycles. The van der Waals surface area contributed by atoms with E-state index < -0.39 is 24.2 Å². The van der Waals surface area contributed by atoms with Crippen molar-refractivity contribution in [3.8, 4) is 0 Å². The van der Waals surface area contributed by atoms with E-state index in [-0.39, 0.29) is 18.9 Å². The summed E-state index contributed by atoms with van der Waals surface area (Å²) in [6, 6.07) is -1.25. The van der Waals surface area contributed by atoms with Crippen LogP contribution in [0.25, 0.3) is 0 Å². The number of carbonyl (C=O) groups excluding carboxylic acids is 2. The number of nitrogens with one attached hydrogen (secondary N) is 3. The van der Waals surface area contributed by atoms with Crippen molar-refractivity contribution in [2.24, 2.45) is 0 Å². The Morgan fingerprint density at radius 3 is 2.15 bits per heavy atom. The molecule has 33 heavy (non-hydrogen) atoms. The topological polar surface area (TPSA) is 70.2 Å². The molecule has 1 heterocycles. The highest BCUT2D eigenvalue weighted by atomic mass is 19.4. The Bertz CT molecular complexity index is 606. The molecule has 3 N–H and O–H groups in total. The van der Waals surface area contributed by atoms with E-state index >= 15 is 0 Å². The van der Waals surface area contributed by atoms with E-state index in [1.165, 1.54) is 44.9 Å². The molecule has 0 aromatic carbocycles. The fraction of sp³-hybridized carbons (Fsp3) is 0.760. The van der Waals surface area contributed by atoms with Gasteiger partial charge in [-0.3, -0.25) is 9.59 Å². The second-order valence-electron chi connectivity index (χ2n) is 8.74. The Balaban J connectivity index is 1.93. The normalized spacial score (nSPS) is 18.9. The quantitative estimate of drug-likeness (QED) is 0.198. The third-order valence-corrected chi connectivity index (χ3v) is 5.72. The zero-order chi connectivity index (χ0) is 24.4. The van der Waals surface area contributed by atoms with E-state index in [4.69, 9.17) is 0 Å². The van der Waals surface area contributed by atoms with Crippen molar-refractivity contribution in [1.82, 2.24) is 16.0 Å². The summed E-state index contributed by atoms with van der Waals surface area (Å²) in [4.78, 5) is 23.1. The van der Waals surface area contributed by atoms with Gasteiger partial charge in [0.25, 0.3) is 0 Å². The first kappa shape index (κ1) is 29.2. The van der Waals surface area contributed by atoms with E-state index in [0.29, 0.717) is 6.54 Å². The monoisotopic (exact) mass is 473 g/mol. The van der Waals surface area contributed by atoms with Gasteiger partial charge in [-0.1, -0.05) is 69.8 Å². The van der Waals surface area contributed by atoms with Crippen LogP contribution >= 0.6 is 0 Å². The fourth-order valence-corrected chi connectivity index (χ4v) is 3.76. The molecule has 2 atom stereocenters. The Hall–Kier alpha value is -1.83. The van der Waals surface area contributed by atoms with Gasteiger partial charge in [0.1, 0.15) is 0 Å². The standard InChI is InChI=1S/C25H42F3N3O2/c1-2-3-4-5-6-7-8-9-10-11-12-13-14-15-16-17-18-29-23(32)22-19-21(20-30-22)31-24(33)25(26,27)28/h6-7,9-10,21-22,30H,2-5,8,11-20H2,1H3,(H,29,32)(H,31,33). The van der Waals surface area contributed by atoms with Gasteiger partial charge in [-0.15, -0.1) is 0 Å². The van der Waals surface area contributed by atoms with Crippen molar-refractivity contribution in [3.63, 3.8) is 0 Å². The van der Waals surface area contributed by atoms with Crippen molar-refractivity contribution >= 4 is 11.8 Å². The summed E-state index contributed by atoms with van der Waals surface area (Å²) in [5.74, 6) is -2.18. The lowest BCUT2D eigenvalue weighted by Gasteiger charge is -2.14. The highest BCUT2D eigenvalue weighted by Crippen LogP contribution is 2.16. The summed E-state index contributed by atoms with van der Waals surface area (Å²) in [7, 11) is 0. The molecule has 1 saturated heterocycles. The first-order valence-corrected chi connectivity index (χ1v) is 12.5. The van der Waals surface area contributed by atoms with Gasteiger partial charge in [-0.2, -0.15) is 13.2 Å². The second-order valence-corrected chi connectivity index (χ2v) is 8.74. The summed E-state index contributed by atoms with van der Waals surface area (Å²) >= 11 is 0. The smallest absolute Gasteiger partial charge is 0.355 e. The highest BCUT2D eigenvalue weighted by Gasteiger charge is 2.41. The van der Waals surface area contributed by atoms with E-state index in [9.17, 15) is 22.8 Å². The van der Waals surface area contributed by atoms with Crippen LogP contribution in [0.3, 0.4) is 0 Å². The summed E-state index contributed by atoms with van der Waals surface area (Å²) in [5, 5.41) is 7.61. The molecule has 0 spiro atoms. The molecule has 0 radical (unpaired) electrons. The van der Waals surface area contributed by atoms with Crippen LogP contribution in [0.1, 0.15) is 90.4 Å². The number of hydrogen-bond donors (Lipinski definition) is 3. The van der Waals surface area contributed by atoms with Gasteiger partial charge in [0.2, 0.25) is 5.91 Å². The maximum atomic E-state index is 12.3. The molecule has 190 valence electrons. The number of alkyl halides is 3. The molecule has 2 amide bonds. The molecule has 8 heteroatoms. The molecule has 0 bridgehead atoms. The van der Waals surface area contributed by atoms with Crippen molar-refractivity contribution in [3.05, 3.63) is 24.3 Å². The minimum atomic E-state index is -4.90. The van der Waals surface area contributed by atoms with Gasteiger partial charge >= 0.3 is 12.1 Å². The molecule has 1 rings (SSSR count). The average Bonchev–Trinajstić information content (AvgIpc) is 3.23. The van der Waals surface area contributed by atoms with Gasteiger partial charge in [0, 0.05) is 19.1 Å². The molecular weight excluding hydrogens is 431 g/mol. The number of unbranched alkanes of at least 4 members (excludes halogenated alkanes) is 9. The number of halogens is 3. The van der Waals surface area contributed by atoms with Crippen LogP contribution in [-0.2, 0) is 9.59 Å². The molecule has 1 fully saturated rings. The van der Waals surface area contributed by atoms with Crippen LogP contribution in [0, 0.1) is 0 Å². The Morgan fingerprint density at radius 1 is 0.909 bits per heavy atom. The van der Waals surface area contributed by atoms with Gasteiger partial charge < -0.3 is 16.0 Å². The Labute approximate surface area is 197 Å². The Morgan fingerprint density at radius 2 is 1.52 bits per heavy atom. The molecule has 1 aliphatic rings. The largest absolute Gasteiger partial charge is 0.471 e. The lowest BCUT2D eigenvalue weighted by atomic mass is 10.1. The predicted molar refractivity (Wildman–Crippen MR) is 127 cm³/mol.